The van der Waals surface area contributed by atoms with Crippen LogP contribution in [0, 0.1) is 0 Å². The topological polar surface area (TPSA) is 58.4 Å². The SMILES string of the molecule is CN(CCNC(=O)C(C)(N)C(F)(F)F)C1CCCC1. The van der Waals surface area contributed by atoms with Gasteiger partial charge >= 0.3 is 6.18 Å². The van der Waals surface area contributed by atoms with E-state index in [2.05, 4.69) is 10.2 Å². The first-order valence-corrected chi connectivity index (χ1v) is 6.50. The molecule has 4 nitrogen and oxygen atoms in total. The zero-order chi connectivity index (χ0) is 14.7. The summed E-state index contributed by atoms with van der Waals surface area (Å²) in [5.74, 6) is -1.18. The predicted octanol–water partition coefficient (Wildman–Crippen LogP) is 1.26. The quantitative estimate of drug-likeness (QED) is 0.797. The fraction of sp³-hybridized carbons (Fsp3) is 0.917. The summed E-state index contributed by atoms with van der Waals surface area (Å²) in [6.07, 6.45) is -0.135. The normalized spacial score (nSPS) is 20.6. The Morgan fingerprint density at radius 3 is 2.37 bits per heavy atom. The summed E-state index contributed by atoms with van der Waals surface area (Å²) in [5, 5.41) is 2.26. The van der Waals surface area contributed by atoms with Crippen LogP contribution in [0.15, 0.2) is 0 Å². The fourth-order valence-corrected chi connectivity index (χ4v) is 2.19. The van der Waals surface area contributed by atoms with Gasteiger partial charge in [0.2, 0.25) is 5.91 Å². The summed E-state index contributed by atoms with van der Waals surface area (Å²) in [7, 11) is 1.92. The lowest BCUT2D eigenvalue weighted by Gasteiger charge is -2.28. The van der Waals surface area contributed by atoms with Crippen molar-refractivity contribution in [3.8, 4) is 0 Å². The van der Waals surface area contributed by atoms with E-state index >= 15 is 0 Å². The van der Waals surface area contributed by atoms with Gasteiger partial charge in [0.25, 0.3) is 0 Å². The molecule has 1 fully saturated rings. The number of amides is 1. The second-order valence-corrected chi connectivity index (χ2v) is 5.37. The number of halogens is 3. The zero-order valence-corrected chi connectivity index (χ0v) is 11.4. The Labute approximate surface area is 111 Å². The largest absolute Gasteiger partial charge is 0.415 e. The highest BCUT2D eigenvalue weighted by Crippen LogP contribution is 2.27. The molecule has 1 amide bonds. The van der Waals surface area contributed by atoms with Crippen molar-refractivity contribution in [2.24, 2.45) is 5.73 Å². The van der Waals surface area contributed by atoms with E-state index in [9.17, 15) is 18.0 Å². The van der Waals surface area contributed by atoms with E-state index in [0.29, 0.717) is 19.5 Å². The molecule has 0 bridgehead atoms. The fourth-order valence-electron chi connectivity index (χ4n) is 2.19. The molecule has 1 atom stereocenters. The average Bonchev–Trinajstić information content (AvgIpc) is 2.80. The second kappa shape index (κ2) is 6.09. The summed E-state index contributed by atoms with van der Waals surface area (Å²) in [5.41, 5.74) is 2.19. The van der Waals surface area contributed by atoms with Crippen molar-refractivity contribution in [2.45, 2.75) is 50.4 Å². The third-order valence-corrected chi connectivity index (χ3v) is 3.76. The Kier molecular flexibility index (Phi) is 5.20. The monoisotopic (exact) mass is 281 g/mol. The molecule has 112 valence electrons. The smallest absolute Gasteiger partial charge is 0.353 e. The number of likely N-dealkylation sites (N-methyl/N-ethyl adjacent to an activating group) is 1. The number of alkyl halides is 3. The number of nitrogens with one attached hydrogen (secondary N) is 1. The van der Waals surface area contributed by atoms with Gasteiger partial charge in [-0.3, -0.25) is 4.79 Å². The van der Waals surface area contributed by atoms with Crippen molar-refractivity contribution < 1.29 is 18.0 Å². The van der Waals surface area contributed by atoms with Gasteiger partial charge in [0.05, 0.1) is 0 Å². The van der Waals surface area contributed by atoms with Crippen LogP contribution >= 0.6 is 0 Å². The number of nitrogens with zero attached hydrogens (tertiary/aromatic N) is 1. The van der Waals surface area contributed by atoms with Gasteiger partial charge in [-0.2, -0.15) is 13.2 Å². The van der Waals surface area contributed by atoms with E-state index in [1.165, 1.54) is 12.8 Å². The summed E-state index contributed by atoms with van der Waals surface area (Å²) in [6.45, 7) is 1.39. The summed E-state index contributed by atoms with van der Waals surface area (Å²) < 4.78 is 37.6. The maximum atomic E-state index is 12.5. The Morgan fingerprint density at radius 1 is 1.37 bits per heavy atom. The molecule has 0 aromatic heterocycles. The standard InChI is InChI=1S/C12H22F3N3O/c1-11(16,12(13,14)15)10(19)17-7-8-18(2)9-5-3-4-6-9/h9H,3-8,16H2,1-2H3,(H,17,19). The van der Waals surface area contributed by atoms with Crippen LogP contribution in [-0.4, -0.2) is 48.7 Å². The predicted molar refractivity (Wildman–Crippen MR) is 66.5 cm³/mol. The van der Waals surface area contributed by atoms with Gasteiger partial charge in [0.15, 0.2) is 5.54 Å². The van der Waals surface area contributed by atoms with Crippen LogP contribution < -0.4 is 11.1 Å². The minimum Gasteiger partial charge on any atom is -0.353 e. The maximum Gasteiger partial charge on any atom is 0.415 e. The van der Waals surface area contributed by atoms with Crippen molar-refractivity contribution in [2.75, 3.05) is 20.1 Å². The molecule has 1 aliphatic carbocycles. The summed E-state index contributed by atoms with van der Waals surface area (Å²) in [4.78, 5) is 13.5. The van der Waals surface area contributed by atoms with Crippen molar-refractivity contribution in [3.63, 3.8) is 0 Å². The molecule has 0 aromatic carbocycles. The molecule has 0 aliphatic heterocycles. The lowest BCUT2D eigenvalue weighted by Crippen LogP contribution is -2.61. The lowest BCUT2D eigenvalue weighted by atomic mass is 10.0. The average molecular weight is 281 g/mol. The number of hydrogen-bond donors (Lipinski definition) is 2. The van der Waals surface area contributed by atoms with Gasteiger partial charge in [-0.05, 0) is 26.8 Å². The number of carbonyl (C=O) groups excluding carboxylic acids is 1. The van der Waals surface area contributed by atoms with Crippen LogP contribution in [0.3, 0.4) is 0 Å². The van der Waals surface area contributed by atoms with E-state index < -0.39 is 17.6 Å². The molecule has 1 rings (SSSR count). The van der Waals surface area contributed by atoms with Crippen LogP contribution in [0.25, 0.3) is 0 Å². The molecule has 7 heteroatoms. The van der Waals surface area contributed by atoms with Crippen LogP contribution in [-0.2, 0) is 4.79 Å². The Hall–Kier alpha value is -0.820. The summed E-state index contributed by atoms with van der Waals surface area (Å²) in [6, 6.07) is 0.476. The van der Waals surface area contributed by atoms with Gasteiger partial charge in [-0.1, -0.05) is 12.8 Å². The number of carbonyl (C=O) groups is 1. The number of hydrogen-bond acceptors (Lipinski definition) is 3. The highest BCUT2D eigenvalue weighted by molar-refractivity contribution is 5.86. The van der Waals surface area contributed by atoms with E-state index in [1.807, 2.05) is 7.05 Å². The lowest BCUT2D eigenvalue weighted by molar-refractivity contribution is -0.187. The van der Waals surface area contributed by atoms with E-state index in [0.717, 1.165) is 12.8 Å². The molecule has 0 heterocycles. The highest BCUT2D eigenvalue weighted by Gasteiger charge is 2.53. The minimum absolute atomic E-state index is 0.175. The molecular weight excluding hydrogens is 259 g/mol. The molecule has 1 unspecified atom stereocenters. The van der Waals surface area contributed by atoms with Crippen LogP contribution in [0.5, 0.6) is 0 Å². The van der Waals surface area contributed by atoms with Gasteiger partial charge in [0.1, 0.15) is 0 Å². The minimum atomic E-state index is -4.74. The van der Waals surface area contributed by atoms with E-state index in [-0.39, 0.29) is 6.54 Å². The van der Waals surface area contributed by atoms with Gasteiger partial charge in [-0.25, -0.2) is 0 Å². The van der Waals surface area contributed by atoms with Crippen molar-refractivity contribution >= 4 is 5.91 Å². The zero-order valence-electron chi connectivity index (χ0n) is 11.4. The third-order valence-electron chi connectivity index (χ3n) is 3.76. The van der Waals surface area contributed by atoms with Crippen LogP contribution in [0.1, 0.15) is 32.6 Å². The van der Waals surface area contributed by atoms with E-state index in [1.54, 1.807) is 0 Å². The Bertz CT molecular complexity index is 312. The molecule has 3 N–H and O–H groups in total. The van der Waals surface area contributed by atoms with Crippen LogP contribution in [0.2, 0.25) is 0 Å². The first-order valence-electron chi connectivity index (χ1n) is 6.50. The highest BCUT2D eigenvalue weighted by atomic mass is 19.4. The molecule has 19 heavy (non-hydrogen) atoms. The maximum absolute atomic E-state index is 12.5. The first kappa shape index (κ1) is 16.2. The Morgan fingerprint density at radius 2 is 1.89 bits per heavy atom. The molecule has 1 saturated carbocycles. The third kappa shape index (κ3) is 4.07. The molecule has 1 aliphatic rings. The van der Waals surface area contributed by atoms with Crippen LogP contribution in [0.4, 0.5) is 13.2 Å². The van der Waals surface area contributed by atoms with Gasteiger partial charge in [0, 0.05) is 19.1 Å². The molecule has 0 aromatic rings. The molecule has 0 saturated heterocycles. The second-order valence-electron chi connectivity index (χ2n) is 5.37. The molecular formula is C12H22F3N3O. The number of nitrogens with two attached hydrogens (primary N) is 1. The Balaban J connectivity index is 2.34. The van der Waals surface area contributed by atoms with Crippen molar-refractivity contribution in [1.82, 2.24) is 10.2 Å². The first-order chi connectivity index (χ1) is 8.66. The van der Waals surface area contributed by atoms with Gasteiger partial charge < -0.3 is 16.0 Å². The molecule has 0 radical (unpaired) electrons. The van der Waals surface area contributed by atoms with Crippen molar-refractivity contribution in [3.05, 3.63) is 0 Å². The number of rotatable bonds is 5. The summed E-state index contributed by atoms with van der Waals surface area (Å²) >= 11 is 0. The van der Waals surface area contributed by atoms with Crippen molar-refractivity contribution in [1.29, 1.82) is 0 Å². The van der Waals surface area contributed by atoms with Gasteiger partial charge in [-0.15, -0.1) is 0 Å². The van der Waals surface area contributed by atoms with E-state index in [4.69, 9.17) is 5.73 Å². The molecule has 0 spiro atoms.